The smallest absolute Gasteiger partial charge is 0.243 e. The monoisotopic (exact) mass is 504 g/mol. The van der Waals surface area contributed by atoms with Crippen molar-refractivity contribution in [2.24, 2.45) is 0 Å². The number of hydrogen-bond donors (Lipinski definition) is 1. The van der Waals surface area contributed by atoms with E-state index in [1.54, 1.807) is 45.9 Å². The van der Waals surface area contributed by atoms with Crippen molar-refractivity contribution in [3.63, 3.8) is 0 Å². The van der Waals surface area contributed by atoms with E-state index in [2.05, 4.69) is 10.3 Å². The van der Waals surface area contributed by atoms with Crippen LogP contribution in [0.25, 0.3) is 0 Å². The lowest BCUT2D eigenvalue weighted by atomic mass is 10.0. The number of aromatic nitrogens is 1. The number of hydrogen-bond acceptors (Lipinski definition) is 5. The largest absolute Gasteiger partial charge is 0.352 e. The third-order valence-corrected chi connectivity index (χ3v) is 8.55. The fourth-order valence-electron chi connectivity index (χ4n) is 4.29. The number of amides is 2. The van der Waals surface area contributed by atoms with E-state index in [9.17, 15) is 18.0 Å². The molecule has 2 heterocycles. The topological polar surface area (TPSA) is 99.7 Å². The van der Waals surface area contributed by atoms with Gasteiger partial charge in [0.1, 0.15) is 0 Å². The molecule has 1 saturated carbocycles. The van der Waals surface area contributed by atoms with Gasteiger partial charge in [0.15, 0.2) is 0 Å². The Kier molecular flexibility index (Phi) is 7.85. The zero-order valence-corrected chi connectivity index (χ0v) is 20.5. The summed E-state index contributed by atoms with van der Waals surface area (Å²) in [6, 6.07) is 9.82. The van der Waals surface area contributed by atoms with Gasteiger partial charge in [0.25, 0.3) is 0 Å². The van der Waals surface area contributed by atoms with E-state index in [0.29, 0.717) is 37.5 Å². The first-order chi connectivity index (χ1) is 16.3. The lowest BCUT2D eigenvalue weighted by molar-refractivity contribution is -0.134. The third-order valence-electron chi connectivity index (χ3n) is 6.28. The van der Waals surface area contributed by atoms with Crippen LogP contribution in [-0.2, 0) is 26.2 Å². The summed E-state index contributed by atoms with van der Waals surface area (Å²) >= 11 is 5.93. The van der Waals surface area contributed by atoms with Crippen molar-refractivity contribution in [2.75, 3.05) is 13.1 Å². The van der Waals surface area contributed by atoms with Crippen LogP contribution >= 0.6 is 11.6 Å². The highest BCUT2D eigenvalue weighted by atomic mass is 35.5. The van der Waals surface area contributed by atoms with Crippen LogP contribution in [0, 0.1) is 0 Å². The Morgan fingerprint density at radius 2 is 1.59 bits per heavy atom. The average Bonchev–Trinajstić information content (AvgIpc) is 3.67. The zero-order chi connectivity index (χ0) is 24.1. The minimum atomic E-state index is -3.63. The summed E-state index contributed by atoms with van der Waals surface area (Å²) in [6.45, 7) is 1.38. The molecule has 0 unspecified atom stereocenters. The van der Waals surface area contributed by atoms with Gasteiger partial charge in [-0.3, -0.25) is 14.6 Å². The number of pyridine rings is 1. The highest BCUT2D eigenvalue weighted by Gasteiger charge is 2.43. The maximum absolute atomic E-state index is 13.3. The van der Waals surface area contributed by atoms with Crippen molar-refractivity contribution in [2.45, 2.75) is 62.0 Å². The molecule has 1 saturated heterocycles. The summed E-state index contributed by atoms with van der Waals surface area (Å²) in [5, 5.41) is 3.31. The van der Waals surface area contributed by atoms with Crippen LogP contribution in [0.5, 0.6) is 0 Å². The Morgan fingerprint density at radius 3 is 2.21 bits per heavy atom. The van der Waals surface area contributed by atoms with E-state index < -0.39 is 10.0 Å². The molecular weight excluding hydrogens is 476 g/mol. The summed E-state index contributed by atoms with van der Waals surface area (Å²) in [5.41, 5.74) is 0.950. The first-order valence-corrected chi connectivity index (χ1v) is 13.4. The molecule has 2 amide bonds. The molecule has 1 N–H and O–H groups in total. The first-order valence-electron chi connectivity index (χ1n) is 11.6. The van der Waals surface area contributed by atoms with Gasteiger partial charge in [-0.2, -0.15) is 4.31 Å². The van der Waals surface area contributed by atoms with Crippen molar-refractivity contribution in [3.8, 4) is 0 Å². The number of sulfonamides is 1. The molecule has 2 aliphatic rings. The SMILES string of the molecule is O=C(CCC(=O)N1CCC(N(C2CC2)S(=O)(=O)c2ccc(Cl)cc2)CC1)NCc1ccncc1. The molecule has 1 aromatic heterocycles. The molecule has 1 aliphatic heterocycles. The molecule has 0 bridgehead atoms. The van der Waals surface area contributed by atoms with Gasteiger partial charge in [-0.25, -0.2) is 8.42 Å². The molecule has 2 fully saturated rings. The Bertz CT molecular complexity index is 1100. The van der Waals surface area contributed by atoms with Crippen LogP contribution in [0.15, 0.2) is 53.7 Å². The van der Waals surface area contributed by atoms with Crippen molar-refractivity contribution in [1.82, 2.24) is 19.5 Å². The predicted molar refractivity (Wildman–Crippen MR) is 128 cm³/mol. The van der Waals surface area contributed by atoms with Gasteiger partial charge in [-0.1, -0.05) is 11.6 Å². The van der Waals surface area contributed by atoms with E-state index in [4.69, 9.17) is 11.6 Å². The Hall–Kier alpha value is -2.49. The highest BCUT2D eigenvalue weighted by Crippen LogP contribution is 2.37. The number of nitrogens with one attached hydrogen (secondary N) is 1. The molecule has 4 rings (SSSR count). The number of piperidine rings is 1. The van der Waals surface area contributed by atoms with E-state index in [1.165, 1.54) is 0 Å². The Labute approximate surface area is 205 Å². The quantitative estimate of drug-likeness (QED) is 0.566. The van der Waals surface area contributed by atoms with Crippen LogP contribution in [0.3, 0.4) is 0 Å². The second-order valence-corrected chi connectivity index (χ2v) is 11.0. The molecule has 182 valence electrons. The second kappa shape index (κ2) is 10.8. The number of nitrogens with zero attached hydrogens (tertiary/aromatic N) is 3. The van der Waals surface area contributed by atoms with Gasteiger partial charge < -0.3 is 10.2 Å². The molecule has 0 radical (unpaired) electrons. The van der Waals surface area contributed by atoms with Crippen LogP contribution in [0.1, 0.15) is 44.1 Å². The highest BCUT2D eigenvalue weighted by molar-refractivity contribution is 7.89. The van der Waals surface area contributed by atoms with E-state index in [1.807, 2.05) is 12.1 Å². The maximum Gasteiger partial charge on any atom is 0.243 e. The van der Waals surface area contributed by atoms with Crippen LogP contribution < -0.4 is 5.32 Å². The number of likely N-dealkylation sites (tertiary alicyclic amines) is 1. The van der Waals surface area contributed by atoms with E-state index >= 15 is 0 Å². The molecule has 1 aromatic carbocycles. The fraction of sp³-hybridized carbons (Fsp3) is 0.458. The standard InChI is InChI=1S/C24H29ClN4O4S/c25-19-1-5-22(6-2-19)34(32,33)29(20-3-4-20)21-11-15-28(16-12-21)24(31)8-7-23(30)27-17-18-9-13-26-14-10-18/h1-2,5-6,9-10,13-14,20-21H,3-4,7-8,11-12,15-17H2,(H,27,30). The second-order valence-electron chi connectivity index (χ2n) is 8.76. The van der Waals surface area contributed by atoms with E-state index in [0.717, 1.165) is 18.4 Å². The predicted octanol–water partition coefficient (Wildman–Crippen LogP) is 2.98. The lowest BCUT2D eigenvalue weighted by Gasteiger charge is -2.38. The summed E-state index contributed by atoms with van der Waals surface area (Å²) in [4.78, 5) is 30.7. The first kappa shape index (κ1) is 24.6. The molecule has 1 aliphatic carbocycles. The molecule has 0 spiro atoms. The minimum absolute atomic E-state index is 0.0250. The lowest BCUT2D eigenvalue weighted by Crippen LogP contribution is -2.49. The van der Waals surface area contributed by atoms with Gasteiger partial charge >= 0.3 is 0 Å². The normalized spacial score (nSPS) is 17.1. The fourth-order valence-corrected chi connectivity index (χ4v) is 6.34. The molecule has 10 heteroatoms. The molecule has 2 aromatic rings. The third kappa shape index (κ3) is 6.14. The molecule has 8 nitrogen and oxygen atoms in total. The number of carbonyl (C=O) groups is 2. The van der Waals surface area contributed by atoms with Crippen molar-refractivity contribution >= 4 is 33.4 Å². The van der Waals surface area contributed by atoms with Gasteiger partial charge in [-0.15, -0.1) is 0 Å². The summed E-state index contributed by atoms with van der Waals surface area (Å²) < 4.78 is 28.3. The van der Waals surface area contributed by atoms with Gasteiger partial charge in [0.05, 0.1) is 4.90 Å². The van der Waals surface area contributed by atoms with Gasteiger partial charge in [0.2, 0.25) is 21.8 Å². The van der Waals surface area contributed by atoms with Crippen LogP contribution in [-0.4, -0.2) is 59.6 Å². The maximum atomic E-state index is 13.3. The molecule has 34 heavy (non-hydrogen) atoms. The van der Waals surface area contributed by atoms with Crippen molar-refractivity contribution in [1.29, 1.82) is 0 Å². The van der Waals surface area contributed by atoms with Crippen LogP contribution in [0.2, 0.25) is 5.02 Å². The van der Waals surface area contributed by atoms with Crippen molar-refractivity contribution in [3.05, 3.63) is 59.4 Å². The molecular formula is C24H29ClN4O4S. The van der Waals surface area contributed by atoms with Gasteiger partial charge in [0, 0.05) is 62.0 Å². The summed E-state index contributed by atoms with van der Waals surface area (Å²) in [6.07, 6.45) is 6.50. The summed E-state index contributed by atoms with van der Waals surface area (Å²) in [7, 11) is -3.63. The average molecular weight is 505 g/mol. The number of carbonyl (C=O) groups excluding carboxylic acids is 2. The Morgan fingerprint density at radius 1 is 0.971 bits per heavy atom. The van der Waals surface area contributed by atoms with Gasteiger partial charge in [-0.05, 0) is 67.6 Å². The summed E-state index contributed by atoms with van der Waals surface area (Å²) in [5.74, 6) is -0.245. The van der Waals surface area contributed by atoms with E-state index in [-0.39, 0.29) is 41.6 Å². The van der Waals surface area contributed by atoms with Crippen molar-refractivity contribution < 1.29 is 18.0 Å². The zero-order valence-electron chi connectivity index (χ0n) is 18.9. The Balaban J connectivity index is 1.27. The molecule has 0 atom stereocenters. The number of rotatable bonds is 9. The van der Waals surface area contributed by atoms with Crippen LogP contribution in [0.4, 0.5) is 0 Å². The number of benzene rings is 1. The minimum Gasteiger partial charge on any atom is -0.352 e. The number of halogens is 1.